The maximum atomic E-state index is 13.0. The highest BCUT2D eigenvalue weighted by Gasteiger charge is 2.24. The lowest BCUT2D eigenvalue weighted by atomic mass is 9.99. The van der Waals surface area contributed by atoms with Crippen LogP contribution in [0.1, 0.15) is 22.3 Å². The van der Waals surface area contributed by atoms with Gasteiger partial charge in [0.05, 0.1) is 17.7 Å². The molecule has 2 heterocycles. The predicted molar refractivity (Wildman–Crippen MR) is 122 cm³/mol. The van der Waals surface area contributed by atoms with Gasteiger partial charge in [0.15, 0.2) is 10.1 Å². The van der Waals surface area contributed by atoms with Crippen molar-refractivity contribution in [3.05, 3.63) is 59.4 Å². The van der Waals surface area contributed by atoms with Crippen molar-refractivity contribution in [2.45, 2.75) is 17.2 Å². The number of sulfonamides is 1. The molecule has 0 spiro atoms. The summed E-state index contributed by atoms with van der Waals surface area (Å²) < 4.78 is 39.0. The number of rotatable bonds is 7. The quantitative estimate of drug-likeness (QED) is 0.404. The average molecular weight is 479 g/mol. The molecule has 7 nitrogen and oxygen atoms in total. The standard InChI is InChI=1S/C20H19FN4O3S3/c1-31(27,28)25-10-2-3-13-11-14(4-9-17(13)25)18(26)12-29-20-24-23-19(30-20)22-16-7-5-15(21)6-8-16/h4-9,11H,2-3,10,12H2,1H3,(H,22,23). The molecule has 0 aliphatic carbocycles. The number of fused-ring (bicyclic) bond motifs is 1. The molecular formula is C20H19FN4O3S3. The van der Waals surface area contributed by atoms with E-state index in [2.05, 4.69) is 15.5 Å². The Morgan fingerprint density at radius 3 is 2.74 bits per heavy atom. The summed E-state index contributed by atoms with van der Waals surface area (Å²) in [6, 6.07) is 11.1. The van der Waals surface area contributed by atoms with Gasteiger partial charge in [0.25, 0.3) is 0 Å². The van der Waals surface area contributed by atoms with Crippen LogP contribution in [-0.4, -0.2) is 43.0 Å². The zero-order chi connectivity index (χ0) is 22.0. The number of nitrogens with one attached hydrogen (secondary N) is 1. The molecule has 1 aliphatic heterocycles. The number of carbonyl (C=O) groups excluding carboxylic acids is 1. The summed E-state index contributed by atoms with van der Waals surface area (Å²) in [5, 5.41) is 11.7. The van der Waals surface area contributed by atoms with E-state index in [4.69, 9.17) is 0 Å². The lowest BCUT2D eigenvalue weighted by molar-refractivity contribution is 0.102. The van der Waals surface area contributed by atoms with Crippen molar-refractivity contribution in [2.24, 2.45) is 0 Å². The minimum absolute atomic E-state index is 0.0625. The molecule has 0 atom stereocenters. The van der Waals surface area contributed by atoms with E-state index in [1.807, 2.05) is 0 Å². The maximum absolute atomic E-state index is 13.0. The molecule has 11 heteroatoms. The first kappa shape index (κ1) is 21.7. The van der Waals surface area contributed by atoms with Crippen molar-refractivity contribution in [1.29, 1.82) is 0 Å². The van der Waals surface area contributed by atoms with Crippen LogP contribution in [0.4, 0.5) is 20.9 Å². The van der Waals surface area contributed by atoms with Crippen LogP contribution < -0.4 is 9.62 Å². The topological polar surface area (TPSA) is 92.3 Å². The minimum Gasteiger partial charge on any atom is -0.330 e. The number of aromatic nitrogens is 2. The van der Waals surface area contributed by atoms with Gasteiger partial charge >= 0.3 is 0 Å². The van der Waals surface area contributed by atoms with Gasteiger partial charge < -0.3 is 5.32 Å². The third-order valence-electron chi connectivity index (χ3n) is 4.71. The molecule has 162 valence electrons. The second-order valence-electron chi connectivity index (χ2n) is 7.00. The summed E-state index contributed by atoms with van der Waals surface area (Å²) >= 11 is 2.59. The van der Waals surface area contributed by atoms with Gasteiger partial charge in [-0.3, -0.25) is 9.10 Å². The van der Waals surface area contributed by atoms with E-state index in [0.29, 0.717) is 33.0 Å². The molecule has 0 saturated heterocycles. The third kappa shape index (κ3) is 5.23. The van der Waals surface area contributed by atoms with E-state index in [0.717, 1.165) is 18.4 Å². The summed E-state index contributed by atoms with van der Waals surface area (Å²) in [5.74, 6) is -0.184. The number of Topliss-reactive ketones (excluding diaryl/α,β-unsaturated/α-hetero) is 1. The summed E-state index contributed by atoms with van der Waals surface area (Å²) in [7, 11) is -3.34. The molecule has 3 aromatic rings. The molecule has 0 amide bonds. The van der Waals surface area contributed by atoms with Gasteiger partial charge in [-0.2, -0.15) is 0 Å². The van der Waals surface area contributed by atoms with E-state index in [-0.39, 0.29) is 17.4 Å². The molecule has 4 rings (SSSR count). The first-order valence-corrected chi connectivity index (χ1v) is 13.1. The van der Waals surface area contributed by atoms with E-state index in [9.17, 15) is 17.6 Å². The Bertz CT molecular complexity index is 1210. The van der Waals surface area contributed by atoms with Gasteiger partial charge in [-0.1, -0.05) is 23.1 Å². The Morgan fingerprint density at radius 1 is 1.23 bits per heavy atom. The molecule has 0 radical (unpaired) electrons. The number of aryl methyl sites for hydroxylation is 1. The fourth-order valence-corrected chi connectivity index (χ4v) is 5.93. The SMILES string of the molecule is CS(=O)(=O)N1CCCc2cc(C(=O)CSc3nnc(Nc4ccc(F)cc4)s3)ccc21. The van der Waals surface area contributed by atoms with Gasteiger partial charge in [-0.05, 0) is 60.9 Å². The van der Waals surface area contributed by atoms with Gasteiger partial charge in [-0.25, -0.2) is 12.8 Å². The third-order valence-corrected chi connectivity index (χ3v) is 7.86. The number of benzene rings is 2. The van der Waals surface area contributed by atoms with Crippen molar-refractivity contribution >= 4 is 55.4 Å². The van der Waals surface area contributed by atoms with Crippen LogP contribution in [0.2, 0.25) is 0 Å². The number of thioether (sulfide) groups is 1. The van der Waals surface area contributed by atoms with E-state index in [1.54, 1.807) is 30.3 Å². The van der Waals surface area contributed by atoms with Crippen LogP contribution in [0.15, 0.2) is 46.8 Å². The molecule has 1 N–H and O–H groups in total. The van der Waals surface area contributed by atoms with Crippen LogP contribution in [0, 0.1) is 5.82 Å². The Morgan fingerprint density at radius 2 is 2.00 bits per heavy atom. The predicted octanol–water partition coefficient (Wildman–Crippen LogP) is 4.11. The number of carbonyl (C=O) groups is 1. The number of anilines is 3. The molecule has 0 bridgehead atoms. The zero-order valence-corrected chi connectivity index (χ0v) is 19.0. The van der Waals surface area contributed by atoms with Crippen LogP contribution >= 0.6 is 23.1 Å². The lowest BCUT2D eigenvalue weighted by Crippen LogP contribution is -2.34. The van der Waals surface area contributed by atoms with Crippen molar-refractivity contribution < 1.29 is 17.6 Å². The van der Waals surface area contributed by atoms with Crippen LogP contribution in [0.25, 0.3) is 0 Å². The molecule has 0 unspecified atom stereocenters. The van der Waals surface area contributed by atoms with Crippen LogP contribution in [0.5, 0.6) is 0 Å². The Balaban J connectivity index is 1.39. The van der Waals surface area contributed by atoms with Gasteiger partial charge in [0.1, 0.15) is 5.82 Å². The summed E-state index contributed by atoms with van der Waals surface area (Å²) in [6.07, 6.45) is 2.66. The van der Waals surface area contributed by atoms with Gasteiger partial charge in [-0.15, -0.1) is 10.2 Å². The molecular weight excluding hydrogens is 459 g/mol. The van der Waals surface area contributed by atoms with E-state index in [1.165, 1.54) is 45.8 Å². The normalized spacial score (nSPS) is 13.7. The second-order valence-corrected chi connectivity index (χ2v) is 11.1. The molecule has 1 aromatic heterocycles. The van der Waals surface area contributed by atoms with Crippen molar-refractivity contribution in [3.8, 4) is 0 Å². The summed E-state index contributed by atoms with van der Waals surface area (Å²) in [5.41, 5.74) is 2.77. The van der Waals surface area contributed by atoms with Crippen molar-refractivity contribution in [1.82, 2.24) is 10.2 Å². The van der Waals surface area contributed by atoms with Crippen LogP contribution in [0.3, 0.4) is 0 Å². The molecule has 0 fully saturated rings. The number of nitrogens with zero attached hydrogens (tertiary/aromatic N) is 3. The average Bonchev–Trinajstić information content (AvgIpc) is 3.19. The monoisotopic (exact) mass is 478 g/mol. The van der Waals surface area contributed by atoms with Gasteiger partial charge in [0, 0.05) is 17.8 Å². The Labute approximate surface area is 187 Å². The first-order chi connectivity index (χ1) is 14.8. The number of halogens is 1. The van der Waals surface area contributed by atoms with Crippen molar-refractivity contribution in [2.75, 3.05) is 28.2 Å². The summed E-state index contributed by atoms with van der Waals surface area (Å²) in [4.78, 5) is 12.7. The molecule has 2 aromatic carbocycles. The number of hydrogen-bond acceptors (Lipinski definition) is 8. The fraction of sp³-hybridized carbons (Fsp3) is 0.250. The van der Waals surface area contributed by atoms with E-state index < -0.39 is 10.0 Å². The maximum Gasteiger partial charge on any atom is 0.232 e. The highest BCUT2D eigenvalue weighted by Crippen LogP contribution is 2.31. The van der Waals surface area contributed by atoms with Crippen LogP contribution in [-0.2, 0) is 16.4 Å². The molecule has 1 aliphatic rings. The van der Waals surface area contributed by atoms with Gasteiger partial charge in [0.2, 0.25) is 15.2 Å². The van der Waals surface area contributed by atoms with Crippen molar-refractivity contribution in [3.63, 3.8) is 0 Å². The number of hydrogen-bond donors (Lipinski definition) is 1. The largest absolute Gasteiger partial charge is 0.330 e. The highest BCUT2D eigenvalue weighted by molar-refractivity contribution is 8.01. The summed E-state index contributed by atoms with van der Waals surface area (Å²) in [6.45, 7) is 0.459. The second kappa shape index (κ2) is 8.93. The fourth-order valence-electron chi connectivity index (χ4n) is 3.27. The molecule has 31 heavy (non-hydrogen) atoms. The van der Waals surface area contributed by atoms with E-state index >= 15 is 0 Å². The Hall–Kier alpha value is -2.50. The Kier molecular flexibility index (Phi) is 6.26. The first-order valence-electron chi connectivity index (χ1n) is 9.42. The minimum atomic E-state index is -3.34. The number of ketones is 1. The molecule has 0 saturated carbocycles. The highest BCUT2D eigenvalue weighted by atomic mass is 32.2. The smallest absolute Gasteiger partial charge is 0.232 e. The lowest BCUT2D eigenvalue weighted by Gasteiger charge is -2.29. The zero-order valence-electron chi connectivity index (χ0n) is 16.5.